The third-order valence-corrected chi connectivity index (χ3v) is 2.61. The van der Waals surface area contributed by atoms with Gasteiger partial charge >= 0.3 is 0 Å². The number of halogens is 2. The molecule has 2 nitrogen and oxygen atoms in total. The van der Waals surface area contributed by atoms with Crippen LogP contribution in [0.1, 0.15) is 12.5 Å². The van der Waals surface area contributed by atoms with Crippen LogP contribution in [0.5, 0.6) is 0 Å². The predicted molar refractivity (Wildman–Crippen MR) is 51.1 cm³/mol. The quantitative estimate of drug-likeness (QED) is 0.761. The second-order valence-electron chi connectivity index (χ2n) is 3.34. The predicted octanol–water partition coefficient (Wildman–Crippen LogP) is 3.31. The molecule has 0 aliphatic carbocycles. The van der Waals surface area contributed by atoms with Crippen LogP contribution in [0.15, 0.2) is 32.9 Å². The van der Waals surface area contributed by atoms with Gasteiger partial charge in [-0.25, -0.2) is 4.39 Å². The van der Waals surface area contributed by atoms with E-state index in [0.29, 0.717) is 10.9 Å². The maximum Gasteiger partial charge on any atom is 0.192 e. The molecule has 2 rings (SSSR count). The van der Waals surface area contributed by atoms with Gasteiger partial charge in [0.1, 0.15) is 5.82 Å². The third kappa shape index (κ3) is 1.94. The lowest BCUT2D eigenvalue weighted by molar-refractivity contribution is 0.610. The van der Waals surface area contributed by atoms with Crippen LogP contribution < -0.4 is 0 Å². The van der Waals surface area contributed by atoms with Crippen molar-refractivity contribution in [2.45, 2.75) is 19.0 Å². The molecule has 68 valence electrons. The van der Waals surface area contributed by atoms with Gasteiger partial charge in [-0.1, -0.05) is 6.07 Å². The third-order valence-electron chi connectivity index (χ3n) is 1.96. The largest absolute Gasteiger partial charge is 0.206 e. The van der Waals surface area contributed by atoms with E-state index < -0.39 is 0 Å². The van der Waals surface area contributed by atoms with Gasteiger partial charge in [0.05, 0.1) is 4.47 Å². The van der Waals surface area contributed by atoms with Crippen LogP contribution in [0.25, 0.3) is 0 Å². The number of rotatable bonds is 2. The van der Waals surface area contributed by atoms with Gasteiger partial charge in [-0.05, 0) is 40.5 Å². The Bertz CT molecular complexity index is 370. The van der Waals surface area contributed by atoms with Crippen molar-refractivity contribution in [1.82, 2.24) is 0 Å². The lowest BCUT2D eigenvalue weighted by Gasteiger charge is -2.04. The van der Waals surface area contributed by atoms with Crippen molar-refractivity contribution in [3.8, 4) is 0 Å². The van der Waals surface area contributed by atoms with E-state index in [1.165, 1.54) is 6.07 Å². The minimum Gasteiger partial charge on any atom is -0.206 e. The van der Waals surface area contributed by atoms with Crippen LogP contribution in [-0.4, -0.2) is 5.66 Å². The average Bonchev–Trinajstić information content (AvgIpc) is 2.76. The molecule has 0 aromatic heterocycles. The van der Waals surface area contributed by atoms with E-state index in [2.05, 4.69) is 26.2 Å². The zero-order valence-electron chi connectivity index (χ0n) is 7.09. The summed E-state index contributed by atoms with van der Waals surface area (Å²) in [5, 5.41) is 7.75. The first kappa shape index (κ1) is 8.81. The molecule has 4 heteroatoms. The SMILES string of the molecule is CC1(Cc2ccc(Br)c(F)c2)N=N1. The van der Waals surface area contributed by atoms with Crippen LogP contribution in [-0.2, 0) is 6.42 Å². The van der Waals surface area contributed by atoms with E-state index in [1.807, 2.05) is 13.0 Å². The first-order chi connectivity index (χ1) is 6.09. The van der Waals surface area contributed by atoms with Crippen molar-refractivity contribution in [2.75, 3.05) is 0 Å². The molecule has 1 aliphatic rings. The summed E-state index contributed by atoms with van der Waals surface area (Å²) in [6.07, 6.45) is 0.678. The molecule has 0 saturated heterocycles. The summed E-state index contributed by atoms with van der Waals surface area (Å²) in [4.78, 5) is 0. The lowest BCUT2D eigenvalue weighted by atomic mass is 10.1. The second-order valence-corrected chi connectivity index (χ2v) is 4.20. The molecular weight excluding hydrogens is 235 g/mol. The number of hydrogen-bond acceptors (Lipinski definition) is 2. The van der Waals surface area contributed by atoms with Gasteiger partial charge in [0.15, 0.2) is 5.66 Å². The molecule has 0 unspecified atom stereocenters. The zero-order valence-corrected chi connectivity index (χ0v) is 8.68. The molecule has 1 aliphatic heterocycles. The molecule has 1 aromatic carbocycles. The summed E-state index contributed by atoms with van der Waals surface area (Å²) >= 11 is 3.10. The van der Waals surface area contributed by atoms with Crippen molar-refractivity contribution in [1.29, 1.82) is 0 Å². The van der Waals surface area contributed by atoms with Crippen LogP contribution >= 0.6 is 15.9 Å². The van der Waals surface area contributed by atoms with E-state index in [9.17, 15) is 4.39 Å². The van der Waals surface area contributed by atoms with E-state index >= 15 is 0 Å². The standard InChI is InChI=1S/C9H8BrFN2/c1-9(12-13-9)5-6-2-3-7(10)8(11)4-6/h2-4H,5H2,1H3. The average molecular weight is 243 g/mol. The fourth-order valence-electron chi connectivity index (χ4n) is 1.19. The molecule has 0 N–H and O–H groups in total. The molecule has 0 amide bonds. The topological polar surface area (TPSA) is 24.7 Å². The summed E-state index contributed by atoms with van der Waals surface area (Å²) in [5.41, 5.74) is 0.633. The van der Waals surface area contributed by atoms with Gasteiger partial charge in [-0.2, -0.15) is 10.2 Å². The fraction of sp³-hybridized carbons (Fsp3) is 0.333. The Morgan fingerprint density at radius 2 is 2.15 bits per heavy atom. The van der Waals surface area contributed by atoms with E-state index in [1.54, 1.807) is 6.07 Å². The first-order valence-corrected chi connectivity index (χ1v) is 4.76. The molecule has 0 fully saturated rings. The lowest BCUT2D eigenvalue weighted by Crippen LogP contribution is -2.08. The molecule has 0 radical (unpaired) electrons. The Balaban J connectivity index is 2.17. The molecule has 1 aromatic rings. The van der Waals surface area contributed by atoms with E-state index in [0.717, 1.165) is 5.56 Å². The highest BCUT2D eigenvalue weighted by Gasteiger charge is 2.33. The molecule has 0 spiro atoms. The van der Waals surface area contributed by atoms with Crippen molar-refractivity contribution in [3.05, 3.63) is 34.1 Å². The monoisotopic (exact) mass is 242 g/mol. The van der Waals surface area contributed by atoms with Gasteiger partial charge in [-0.3, -0.25) is 0 Å². The van der Waals surface area contributed by atoms with Crippen molar-refractivity contribution in [2.24, 2.45) is 10.2 Å². The van der Waals surface area contributed by atoms with Gasteiger partial charge in [0.2, 0.25) is 0 Å². The van der Waals surface area contributed by atoms with Crippen LogP contribution in [0.2, 0.25) is 0 Å². The first-order valence-electron chi connectivity index (χ1n) is 3.97. The van der Waals surface area contributed by atoms with Gasteiger partial charge in [0.25, 0.3) is 0 Å². The number of hydrogen-bond donors (Lipinski definition) is 0. The number of benzene rings is 1. The van der Waals surface area contributed by atoms with Gasteiger partial charge in [0, 0.05) is 6.42 Å². The van der Waals surface area contributed by atoms with Crippen molar-refractivity contribution >= 4 is 15.9 Å². The molecule has 0 bridgehead atoms. The zero-order chi connectivity index (χ0) is 9.47. The smallest absolute Gasteiger partial charge is 0.192 e. The Morgan fingerprint density at radius 1 is 1.46 bits per heavy atom. The summed E-state index contributed by atoms with van der Waals surface area (Å²) in [5.74, 6) is -0.234. The van der Waals surface area contributed by atoms with Crippen LogP contribution in [0.4, 0.5) is 4.39 Å². The van der Waals surface area contributed by atoms with Crippen LogP contribution in [0, 0.1) is 5.82 Å². The Hall–Kier alpha value is -0.770. The maximum absolute atomic E-state index is 13.1. The summed E-state index contributed by atoms with van der Waals surface area (Å²) in [6.45, 7) is 1.92. The van der Waals surface area contributed by atoms with E-state index in [-0.39, 0.29) is 11.5 Å². The highest BCUT2D eigenvalue weighted by Crippen LogP contribution is 2.31. The summed E-state index contributed by atoms with van der Waals surface area (Å²) in [7, 11) is 0. The van der Waals surface area contributed by atoms with Gasteiger partial charge in [-0.15, -0.1) is 0 Å². The Morgan fingerprint density at radius 3 is 2.69 bits per heavy atom. The van der Waals surface area contributed by atoms with Gasteiger partial charge < -0.3 is 0 Å². The normalized spacial score (nSPS) is 17.5. The minimum absolute atomic E-state index is 0.234. The molecule has 0 saturated carbocycles. The minimum atomic E-state index is -0.291. The van der Waals surface area contributed by atoms with E-state index in [4.69, 9.17) is 0 Å². The Labute approximate surface area is 84.0 Å². The maximum atomic E-state index is 13.1. The van der Waals surface area contributed by atoms with Crippen LogP contribution in [0.3, 0.4) is 0 Å². The molecule has 13 heavy (non-hydrogen) atoms. The molecule has 1 heterocycles. The molecule has 0 atom stereocenters. The highest BCUT2D eigenvalue weighted by atomic mass is 79.9. The van der Waals surface area contributed by atoms with Crippen molar-refractivity contribution < 1.29 is 4.39 Å². The van der Waals surface area contributed by atoms with Crippen molar-refractivity contribution in [3.63, 3.8) is 0 Å². The Kier molecular flexibility index (Phi) is 1.95. The summed E-state index contributed by atoms with van der Waals surface area (Å²) in [6, 6.07) is 5.09. The fourth-order valence-corrected chi connectivity index (χ4v) is 1.44. The second kappa shape index (κ2) is 2.87. The number of nitrogens with zero attached hydrogens (tertiary/aromatic N) is 2. The summed E-state index contributed by atoms with van der Waals surface area (Å²) < 4.78 is 13.6. The molecular formula is C9H8BrFN2. The highest BCUT2D eigenvalue weighted by molar-refractivity contribution is 9.10.